The molecule has 3 N–H and O–H groups in total. The molecule has 0 fully saturated rings. The highest BCUT2D eigenvalue weighted by Gasteiger charge is 2.08. The molecule has 1 heterocycles. The number of hydrogen-bond donors (Lipinski definition) is 2. The number of carbonyl (C=O) groups excluding carboxylic acids is 1. The predicted molar refractivity (Wildman–Crippen MR) is 69.1 cm³/mol. The highest BCUT2D eigenvalue weighted by molar-refractivity contribution is 7.80. The van der Waals surface area contributed by atoms with Crippen molar-refractivity contribution in [2.24, 2.45) is 11.7 Å². The fourth-order valence-corrected chi connectivity index (χ4v) is 1.77. The average Bonchev–Trinajstić information content (AvgIpc) is 2.26. The lowest BCUT2D eigenvalue weighted by molar-refractivity contribution is -0.118. The lowest BCUT2D eigenvalue weighted by Gasteiger charge is -2.11. The third kappa shape index (κ3) is 5.91. The highest BCUT2D eigenvalue weighted by Crippen LogP contribution is 2.07. The molecule has 0 aliphatic rings. The van der Waals surface area contributed by atoms with Gasteiger partial charge in [-0.2, -0.15) is 0 Å². The van der Waals surface area contributed by atoms with Gasteiger partial charge in [-0.25, -0.2) is 0 Å². The number of amides is 1. The van der Waals surface area contributed by atoms with Gasteiger partial charge in [-0.1, -0.05) is 19.1 Å². The molecule has 1 rings (SSSR count). The van der Waals surface area contributed by atoms with Crippen molar-refractivity contribution in [3.8, 4) is 0 Å². The fourth-order valence-electron chi connectivity index (χ4n) is 1.41. The number of nitrogens with one attached hydrogen (secondary N) is 1. The number of thiocarbonyl (C=S) groups is 1. The van der Waals surface area contributed by atoms with Crippen LogP contribution in [-0.2, 0) is 11.3 Å². The summed E-state index contributed by atoms with van der Waals surface area (Å²) in [4.78, 5) is 19.5. The molecule has 0 bridgehead atoms. The van der Waals surface area contributed by atoms with Gasteiger partial charge >= 0.3 is 0 Å². The monoisotopic (exact) mass is 252 g/mol. The van der Waals surface area contributed by atoms with Crippen LogP contribution in [0.1, 0.15) is 25.5 Å². The highest BCUT2D eigenvalue weighted by atomic mass is 32.1. The van der Waals surface area contributed by atoms with Crippen LogP contribution in [0.5, 0.6) is 0 Å². The molecule has 1 atom stereocenters. The minimum atomic E-state index is -0.297. The van der Waals surface area contributed by atoms with Crippen LogP contribution in [-0.4, -0.2) is 20.9 Å². The molecule has 0 saturated carbocycles. The van der Waals surface area contributed by atoms with E-state index in [0.29, 0.717) is 24.4 Å². The van der Waals surface area contributed by atoms with Gasteiger partial charge in [0.05, 0.1) is 23.4 Å². The summed E-state index contributed by atoms with van der Waals surface area (Å²) in [6.45, 7) is 2.50. The summed E-state index contributed by atoms with van der Waals surface area (Å²) < 4.78 is 0. The van der Waals surface area contributed by atoms with Crippen molar-refractivity contribution >= 4 is 23.1 Å². The van der Waals surface area contributed by atoms with E-state index >= 15 is 0 Å². The smallest absolute Gasteiger partial charge is 0.217 e. The van der Waals surface area contributed by atoms with Crippen molar-refractivity contribution in [3.05, 3.63) is 24.3 Å². The van der Waals surface area contributed by atoms with Crippen molar-refractivity contribution < 1.29 is 4.79 Å². The van der Waals surface area contributed by atoms with Gasteiger partial charge in [0.25, 0.3) is 0 Å². The van der Waals surface area contributed by atoms with E-state index in [4.69, 9.17) is 18.0 Å². The normalized spacial score (nSPS) is 11.8. The third-order valence-electron chi connectivity index (χ3n) is 2.17. The quantitative estimate of drug-likeness (QED) is 0.732. The molecular formula is C11H16N4OS. The second-order valence-electron chi connectivity index (χ2n) is 3.95. The number of carbonyl (C=O) groups is 1. The number of nitrogens with two attached hydrogens (primary N) is 1. The van der Waals surface area contributed by atoms with E-state index in [-0.39, 0.29) is 11.8 Å². The molecule has 17 heavy (non-hydrogen) atoms. The van der Waals surface area contributed by atoms with Crippen LogP contribution in [0.15, 0.2) is 18.6 Å². The number of primary amides is 1. The zero-order chi connectivity index (χ0) is 12.7. The molecule has 0 unspecified atom stereocenters. The van der Waals surface area contributed by atoms with E-state index in [1.165, 1.54) is 0 Å². The van der Waals surface area contributed by atoms with Crippen molar-refractivity contribution in [2.75, 3.05) is 0 Å². The molecule has 1 aromatic heterocycles. The maximum atomic E-state index is 10.7. The molecule has 0 radical (unpaired) electrons. The molecule has 0 aliphatic heterocycles. The van der Waals surface area contributed by atoms with E-state index in [1.54, 1.807) is 18.6 Å². The van der Waals surface area contributed by atoms with Gasteiger partial charge in [0.1, 0.15) is 0 Å². The minimum absolute atomic E-state index is 0.161. The second kappa shape index (κ2) is 6.90. The molecule has 92 valence electrons. The largest absolute Gasteiger partial charge is 0.374 e. The van der Waals surface area contributed by atoms with Crippen LogP contribution in [0.2, 0.25) is 0 Å². The summed E-state index contributed by atoms with van der Waals surface area (Å²) in [5, 5.41) is 3.08. The molecule has 5 nitrogen and oxygen atoms in total. The minimum Gasteiger partial charge on any atom is -0.374 e. The molecule has 0 saturated heterocycles. The van der Waals surface area contributed by atoms with E-state index in [2.05, 4.69) is 15.3 Å². The SMILES string of the molecule is C[C@H](CC(N)=O)CC(=S)NCc1cnccn1. The van der Waals surface area contributed by atoms with Crippen molar-refractivity contribution in [2.45, 2.75) is 26.3 Å². The van der Waals surface area contributed by atoms with Crippen molar-refractivity contribution in [1.29, 1.82) is 0 Å². The maximum Gasteiger partial charge on any atom is 0.217 e. The summed E-state index contributed by atoms with van der Waals surface area (Å²) in [5.74, 6) is -0.136. The third-order valence-corrected chi connectivity index (χ3v) is 2.48. The number of hydrogen-bond acceptors (Lipinski definition) is 4. The first-order valence-corrected chi connectivity index (χ1v) is 5.78. The van der Waals surface area contributed by atoms with E-state index < -0.39 is 0 Å². The molecule has 1 amide bonds. The Hall–Kier alpha value is -1.56. The van der Waals surface area contributed by atoms with E-state index in [0.717, 1.165) is 5.69 Å². The first-order valence-electron chi connectivity index (χ1n) is 5.38. The maximum absolute atomic E-state index is 10.7. The van der Waals surface area contributed by atoms with Crippen LogP contribution < -0.4 is 11.1 Å². The van der Waals surface area contributed by atoms with Gasteiger partial charge in [0, 0.05) is 25.2 Å². The number of nitrogens with zero attached hydrogens (tertiary/aromatic N) is 2. The Bertz CT molecular complexity index is 382. The average molecular weight is 252 g/mol. The molecule has 0 spiro atoms. The standard InChI is InChI=1S/C11H16N4OS/c1-8(4-10(12)16)5-11(17)15-7-9-6-13-2-3-14-9/h2-3,6,8H,4-5,7H2,1H3,(H2,12,16)(H,15,17)/t8-/m1/s1. The lowest BCUT2D eigenvalue weighted by atomic mass is 10.0. The molecule has 0 aliphatic carbocycles. The van der Waals surface area contributed by atoms with Crippen LogP contribution in [0, 0.1) is 5.92 Å². The van der Waals surface area contributed by atoms with Crippen LogP contribution in [0.25, 0.3) is 0 Å². The Balaban J connectivity index is 2.28. The number of aromatic nitrogens is 2. The van der Waals surface area contributed by atoms with Crippen molar-refractivity contribution in [1.82, 2.24) is 15.3 Å². The van der Waals surface area contributed by atoms with Gasteiger partial charge in [-0.05, 0) is 5.92 Å². The Kier molecular flexibility index (Phi) is 5.48. The Labute approximate surface area is 106 Å². The lowest BCUT2D eigenvalue weighted by Crippen LogP contribution is -2.25. The topological polar surface area (TPSA) is 80.9 Å². The van der Waals surface area contributed by atoms with Gasteiger partial charge in [0.15, 0.2) is 0 Å². The summed E-state index contributed by atoms with van der Waals surface area (Å²) in [5.41, 5.74) is 5.94. The summed E-state index contributed by atoms with van der Waals surface area (Å²) >= 11 is 5.17. The van der Waals surface area contributed by atoms with Crippen LogP contribution >= 0.6 is 12.2 Å². The second-order valence-corrected chi connectivity index (χ2v) is 4.45. The first-order chi connectivity index (χ1) is 8.08. The Morgan fingerprint density at radius 2 is 2.29 bits per heavy atom. The van der Waals surface area contributed by atoms with Gasteiger partial charge < -0.3 is 11.1 Å². The van der Waals surface area contributed by atoms with E-state index in [1.807, 2.05) is 6.92 Å². The van der Waals surface area contributed by atoms with Gasteiger partial charge in [-0.15, -0.1) is 0 Å². The Morgan fingerprint density at radius 1 is 1.53 bits per heavy atom. The van der Waals surface area contributed by atoms with Crippen molar-refractivity contribution in [3.63, 3.8) is 0 Å². The predicted octanol–water partition coefficient (Wildman–Crippen LogP) is 0.795. The Morgan fingerprint density at radius 3 is 2.88 bits per heavy atom. The fraction of sp³-hybridized carbons (Fsp3) is 0.455. The number of rotatable bonds is 6. The molecule has 1 aromatic rings. The summed E-state index contributed by atoms with van der Waals surface area (Å²) in [7, 11) is 0. The molecule has 0 aromatic carbocycles. The zero-order valence-corrected chi connectivity index (χ0v) is 10.5. The van der Waals surface area contributed by atoms with Crippen LogP contribution in [0.3, 0.4) is 0 Å². The van der Waals surface area contributed by atoms with E-state index in [9.17, 15) is 4.79 Å². The van der Waals surface area contributed by atoms with Gasteiger partial charge in [0.2, 0.25) is 5.91 Å². The van der Waals surface area contributed by atoms with Crippen LogP contribution in [0.4, 0.5) is 0 Å². The summed E-state index contributed by atoms with van der Waals surface area (Å²) in [6, 6.07) is 0. The van der Waals surface area contributed by atoms with Gasteiger partial charge in [-0.3, -0.25) is 14.8 Å². The summed E-state index contributed by atoms with van der Waals surface area (Å²) in [6.07, 6.45) is 5.94. The first kappa shape index (κ1) is 13.5. The molecule has 6 heteroatoms. The molecular weight excluding hydrogens is 236 g/mol. The zero-order valence-electron chi connectivity index (χ0n) is 9.72.